The lowest BCUT2D eigenvalue weighted by molar-refractivity contribution is -0.00876. The lowest BCUT2D eigenvalue weighted by atomic mass is 9.91. The van der Waals surface area contributed by atoms with Gasteiger partial charge in [0.05, 0.1) is 20.3 Å². The zero-order chi connectivity index (χ0) is 25.3. The molecule has 1 atom stereocenters. The molecule has 3 aromatic carbocycles. The molecule has 2 heterocycles. The van der Waals surface area contributed by atoms with Gasteiger partial charge >= 0.3 is 0 Å². The number of piperazine rings is 1. The fourth-order valence-corrected chi connectivity index (χ4v) is 5.67. The van der Waals surface area contributed by atoms with Crippen LogP contribution in [0.2, 0.25) is 0 Å². The Bertz CT molecular complexity index is 1200. The summed E-state index contributed by atoms with van der Waals surface area (Å²) in [6.45, 7) is 14.1. The molecule has 0 aliphatic carbocycles. The summed E-state index contributed by atoms with van der Waals surface area (Å²) in [4.78, 5) is 5.03. The van der Waals surface area contributed by atoms with Crippen LogP contribution in [-0.4, -0.2) is 45.5 Å². The number of benzene rings is 3. The van der Waals surface area contributed by atoms with E-state index in [0.29, 0.717) is 13.2 Å². The first-order valence-electron chi connectivity index (χ1n) is 13.0. The van der Waals surface area contributed by atoms with Crippen LogP contribution < -0.4 is 19.3 Å². The monoisotopic (exact) mass is 486 g/mol. The van der Waals surface area contributed by atoms with E-state index in [1.54, 1.807) is 7.11 Å². The predicted octanol–water partition coefficient (Wildman–Crippen LogP) is 5.86. The van der Waals surface area contributed by atoms with Gasteiger partial charge in [-0.1, -0.05) is 30.3 Å². The normalized spacial score (nSPS) is 19.2. The van der Waals surface area contributed by atoms with Crippen molar-refractivity contribution in [3.05, 3.63) is 82.4 Å². The van der Waals surface area contributed by atoms with E-state index >= 15 is 0 Å². The molecule has 0 bridgehead atoms. The highest BCUT2D eigenvalue weighted by atomic mass is 16.5. The number of fused-ring (bicyclic) bond motifs is 1. The fraction of sp³-hybridized carbons (Fsp3) is 0.419. The Kier molecular flexibility index (Phi) is 6.85. The summed E-state index contributed by atoms with van der Waals surface area (Å²) < 4.78 is 18.0. The third-order valence-corrected chi connectivity index (χ3v) is 7.79. The van der Waals surface area contributed by atoms with E-state index in [-0.39, 0.29) is 5.60 Å². The molecule has 1 fully saturated rings. The van der Waals surface area contributed by atoms with Gasteiger partial charge in [-0.05, 0) is 74.2 Å². The molecular formula is C31H38N2O3. The molecule has 36 heavy (non-hydrogen) atoms. The standard InChI is InChI=1S/C31H38N2O3/c1-22-23(2)30-28(19-31(4,36-30)21-35-20-25-9-7-6-8-10-25)24(3)29(22)33-17-15-32(16-18-33)26-11-13-27(34-5)14-12-26/h6-14H,15-21H2,1-5H3. The maximum atomic E-state index is 6.60. The van der Waals surface area contributed by atoms with Crippen molar-refractivity contribution in [3.8, 4) is 11.5 Å². The number of nitrogens with zero attached hydrogens (tertiary/aromatic N) is 2. The van der Waals surface area contributed by atoms with Crippen molar-refractivity contribution in [1.82, 2.24) is 0 Å². The van der Waals surface area contributed by atoms with E-state index in [9.17, 15) is 0 Å². The molecule has 2 aliphatic heterocycles. The first-order chi connectivity index (χ1) is 17.4. The molecule has 5 heteroatoms. The van der Waals surface area contributed by atoms with E-state index in [1.807, 2.05) is 18.2 Å². The van der Waals surface area contributed by atoms with Crippen LogP contribution in [0.3, 0.4) is 0 Å². The molecule has 0 saturated carbocycles. The Morgan fingerprint density at radius 3 is 2.17 bits per heavy atom. The Morgan fingerprint density at radius 1 is 0.833 bits per heavy atom. The van der Waals surface area contributed by atoms with Crippen LogP contribution >= 0.6 is 0 Å². The smallest absolute Gasteiger partial charge is 0.134 e. The number of methoxy groups -OCH3 is 1. The van der Waals surface area contributed by atoms with Gasteiger partial charge in [-0.25, -0.2) is 0 Å². The zero-order valence-corrected chi connectivity index (χ0v) is 22.3. The maximum Gasteiger partial charge on any atom is 0.134 e. The predicted molar refractivity (Wildman–Crippen MR) is 147 cm³/mol. The quantitative estimate of drug-likeness (QED) is 0.418. The minimum absolute atomic E-state index is 0.342. The van der Waals surface area contributed by atoms with Gasteiger partial charge in [0.2, 0.25) is 0 Å². The van der Waals surface area contributed by atoms with Gasteiger partial charge in [0.15, 0.2) is 0 Å². The summed E-state index contributed by atoms with van der Waals surface area (Å²) in [5.74, 6) is 1.97. The maximum absolute atomic E-state index is 6.60. The molecule has 0 N–H and O–H groups in total. The lowest BCUT2D eigenvalue weighted by Crippen LogP contribution is -2.47. The third-order valence-electron chi connectivity index (χ3n) is 7.79. The molecular weight excluding hydrogens is 448 g/mol. The molecule has 190 valence electrons. The van der Waals surface area contributed by atoms with E-state index in [2.05, 4.69) is 73.9 Å². The topological polar surface area (TPSA) is 34.2 Å². The molecule has 5 rings (SSSR count). The fourth-order valence-electron chi connectivity index (χ4n) is 5.67. The molecule has 0 aromatic heterocycles. The van der Waals surface area contributed by atoms with Crippen LogP contribution in [0.1, 0.15) is 34.7 Å². The van der Waals surface area contributed by atoms with Crippen molar-refractivity contribution in [2.45, 2.75) is 46.3 Å². The zero-order valence-electron chi connectivity index (χ0n) is 22.3. The Hall–Kier alpha value is -3.18. The molecule has 3 aromatic rings. The summed E-state index contributed by atoms with van der Waals surface area (Å²) in [7, 11) is 1.71. The molecule has 0 radical (unpaired) electrons. The van der Waals surface area contributed by atoms with Crippen molar-refractivity contribution in [2.75, 3.05) is 49.7 Å². The number of hydrogen-bond donors (Lipinski definition) is 0. The highest BCUT2D eigenvalue weighted by Crippen LogP contribution is 2.46. The first kappa shape index (κ1) is 24.5. The van der Waals surface area contributed by atoms with Gasteiger partial charge in [0.1, 0.15) is 17.1 Å². The Labute approximate surface area is 215 Å². The van der Waals surface area contributed by atoms with Crippen molar-refractivity contribution in [1.29, 1.82) is 0 Å². The van der Waals surface area contributed by atoms with Gasteiger partial charge in [-0.2, -0.15) is 0 Å². The van der Waals surface area contributed by atoms with Crippen molar-refractivity contribution < 1.29 is 14.2 Å². The van der Waals surface area contributed by atoms with Crippen molar-refractivity contribution >= 4 is 11.4 Å². The van der Waals surface area contributed by atoms with Crippen LogP contribution in [0.15, 0.2) is 54.6 Å². The van der Waals surface area contributed by atoms with E-state index in [1.165, 1.54) is 39.2 Å². The molecule has 1 saturated heterocycles. The first-order valence-corrected chi connectivity index (χ1v) is 13.0. The molecule has 0 amide bonds. The highest BCUT2D eigenvalue weighted by molar-refractivity contribution is 5.70. The minimum Gasteiger partial charge on any atom is -0.497 e. The second kappa shape index (κ2) is 10.1. The summed E-state index contributed by atoms with van der Waals surface area (Å²) in [6.07, 6.45) is 0.878. The van der Waals surface area contributed by atoms with Crippen LogP contribution in [0.4, 0.5) is 11.4 Å². The van der Waals surface area contributed by atoms with Crippen molar-refractivity contribution in [2.24, 2.45) is 0 Å². The van der Waals surface area contributed by atoms with Gasteiger partial charge < -0.3 is 24.0 Å². The molecule has 1 unspecified atom stereocenters. The summed E-state index contributed by atoms with van der Waals surface area (Å²) in [6, 6.07) is 18.7. The number of rotatable bonds is 7. The van der Waals surface area contributed by atoms with Crippen LogP contribution in [0.5, 0.6) is 11.5 Å². The van der Waals surface area contributed by atoms with Gasteiger partial charge in [0.25, 0.3) is 0 Å². The van der Waals surface area contributed by atoms with Crippen LogP contribution in [-0.2, 0) is 17.8 Å². The summed E-state index contributed by atoms with van der Waals surface area (Å²) in [5.41, 5.74) is 8.79. The number of anilines is 2. The van der Waals surface area contributed by atoms with E-state index in [0.717, 1.165) is 44.1 Å². The average Bonchev–Trinajstić information content (AvgIpc) is 3.27. The van der Waals surface area contributed by atoms with Crippen LogP contribution in [0.25, 0.3) is 0 Å². The SMILES string of the molecule is COc1ccc(N2CCN(c3c(C)c(C)c4c(c3C)CC(C)(COCc3ccccc3)O4)CC2)cc1. The Morgan fingerprint density at radius 2 is 1.50 bits per heavy atom. The van der Waals surface area contributed by atoms with E-state index in [4.69, 9.17) is 14.2 Å². The highest BCUT2D eigenvalue weighted by Gasteiger charge is 2.39. The summed E-state index contributed by atoms with van der Waals surface area (Å²) >= 11 is 0. The molecule has 2 aliphatic rings. The minimum atomic E-state index is -0.342. The average molecular weight is 487 g/mol. The van der Waals surface area contributed by atoms with Gasteiger partial charge in [0, 0.05) is 49.5 Å². The lowest BCUT2D eigenvalue weighted by Gasteiger charge is -2.39. The third kappa shape index (κ3) is 4.77. The number of ether oxygens (including phenoxy) is 3. The second-order valence-electron chi connectivity index (χ2n) is 10.4. The second-order valence-corrected chi connectivity index (χ2v) is 10.4. The molecule has 0 spiro atoms. The van der Waals surface area contributed by atoms with E-state index < -0.39 is 0 Å². The van der Waals surface area contributed by atoms with Gasteiger partial charge in [-0.3, -0.25) is 0 Å². The van der Waals surface area contributed by atoms with Crippen LogP contribution in [0, 0.1) is 20.8 Å². The van der Waals surface area contributed by atoms with Crippen molar-refractivity contribution in [3.63, 3.8) is 0 Å². The summed E-state index contributed by atoms with van der Waals surface area (Å²) in [5, 5.41) is 0. The Balaban J connectivity index is 1.28. The van der Waals surface area contributed by atoms with Gasteiger partial charge in [-0.15, -0.1) is 0 Å². The largest absolute Gasteiger partial charge is 0.497 e. The number of hydrogen-bond acceptors (Lipinski definition) is 5. The molecule has 5 nitrogen and oxygen atoms in total.